The van der Waals surface area contributed by atoms with E-state index < -0.39 is 6.04 Å². The van der Waals surface area contributed by atoms with Crippen molar-refractivity contribution >= 4 is 35.2 Å². The van der Waals surface area contributed by atoms with Gasteiger partial charge >= 0.3 is 0 Å². The van der Waals surface area contributed by atoms with Gasteiger partial charge in [-0.25, -0.2) is 4.68 Å². The summed E-state index contributed by atoms with van der Waals surface area (Å²) in [6.45, 7) is 11.6. The minimum Gasteiger partial charge on any atom is -0.350 e. The molecular formula is C22H29ClN4O2S. The fourth-order valence-corrected chi connectivity index (χ4v) is 4.86. The van der Waals surface area contributed by atoms with Crippen LogP contribution in [0.3, 0.4) is 0 Å². The molecule has 8 heteroatoms. The number of carbonyl (C=O) groups excluding carboxylic acids is 2. The van der Waals surface area contributed by atoms with Crippen molar-refractivity contribution in [2.75, 3.05) is 11.6 Å². The van der Waals surface area contributed by atoms with Crippen LogP contribution in [0.15, 0.2) is 18.2 Å². The molecule has 6 nitrogen and oxygen atoms in total. The number of hydrogen-bond donors (Lipinski definition) is 1. The van der Waals surface area contributed by atoms with Crippen molar-refractivity contribution in [3.05, 3.63) is 45.7 Å². The fraction of sp³-hybridized carbons (Fsp3) is 0.500. The highest BCUT2D eigenvalue weighted by atomic mass is 35.5. The second kappa shape index (κ2) is 8.63. The van der Waals surface area contributed by atoms with Gasteiger partial charge in [0.2, 0.25) is 11.8 Å². The van der Waals surface area contributed by atoms with E-state index >= 15 is 0 Å². The van der Waals surface area contributed by atoms with E-state index in [0.717, 1.165) is 28.2 Å². The second-order valence-corrected chi connectivity index (χ2v) is 10.2. The van der Waals surface area contributed by atoms with Crippen molar-refractivity contribution in [3.63, 3.8) is 0 Å². The monoisotopic (exact) mass is 448 g/mol. The molecule has 0 aliphatic carbocycles. The van der Waals surface area contributed by atoms with E-state index in [1.54, 1.807) is 16.7 Å². The molecule has 1 aromatic carbocycles. The number of amides is 2. The van der Waals surface area contributed by atoms with Gasteiger partial charge in [-0.2, -0.15) is 5.10 Å². The fourth-order valence-electron chi connectivity index (χ4n) is 3.51. The molecule has 1 aliphatic heterocycles. The number of rotatable bonds is 4. The van der Waals surface area contributed by atoms with E-state index in [2.05, 4.69) is 10.4 Å². The maximum Gasteiger partial charge on any atom is 0.244 e. The zero-order valence-electron chi connectivity index (χ0n) is 18.4. The highest BCUT2D eigenvalue weighted by Gasteiger charge is 2.36. The van der Waals surface area contributed by atoms with Crippen LogP contribution < -0.4 is 5.32 Å². The smallest absolute Gasteiger partial charge is 0.244 e. The molecule has 162 valence electrons. The predicted molar refractivity (Wildman–Crippen MR) is 122 cm³/mol. The van der Waals surface area contributed by atoms with Crippen molar-refractivity contribution in [2.24, 2.45) is 0 Å². The average Bonchev–Trinajstić information content (AvgIpc) is 3.23. The zero-order valence-corrected chi connectivity index (χ0v) is 19.9. The average molecular weight is 449 g/mol. The number of hydrogen-bond acceptors (Lipinski definition) is 4. The van der Waals surface area contributed by atoms with Gasteiger partial charge in [0.05, 0.1) is 23.7 Å². The Labute approximate surface area is 187 Å². The molecule has 1 saturated heterocycles. The molecule has 0 radical (unpaired) electrons. The van der Waals surface area contributed by atoms with Gasteiger partial charge in [0.25, 0.3) is 0 Å². The highest BCUT2D eigenvalue weighted by molar-refractivity contribution is 7.99. The maximum atomic E-state index is 13.1. The van der Waals surface area contributed by atoms with E-state index in [1.807, 2.05) is 64.4 Å². The van der Waals surface area contributed by atoms with Crippen LogP contribution in [0.1, 0.15) is 43.3 Å². The number of aryl methyl sites for hydroxylation is 2. The van der Waals surface area contributed by atoms with E-state index in [-0.39, 0.29) is 23.8 Å². The molecule has 1 aromatic heterocycles. The Balaban J connectivity index is 1.80. The molecule has 1 fully saturated rings. The number of thioether (sulfide) groups is 1. The van der Waals surface area contributed by atoms with Crippen LogP contribution in [0.25, 0.3) is 5.69 Å². The minimum atomic E-state index is -0.437. The van der Waals surface area contributed by atoms with E-state index in [9.17, 15) is 9.59 Å². The first-order valence-corrected chi connectivity index (χ1v) is 11.5. The van der Waals surface area contributed by atoms with Crippen LogP contribution in [-0.2, 0) is 16.0 Å². The molecular weight excluding hydrogens is 420 g/mol. The number of halogens is 1. The van der Waals surface area contributed by atoms with Crippen molar-refractivity contribution in [1.82, 2.24) is 20.0 Å². The van der Waals surface area contributed by atoms with Gasteiger partial charge in [0, 0.05) is 27.6 Å². The Kier molecular flexibility index (Phi) is 6.53. The van der Waals surface area contributed by atoms with E-state index in [0.29, 0.717) is 16.7 Å². The number of benzene rings is 1. The molecule has 1 N–H and O–H groups in total. The number of carbonyl (C=O) groups is 2. The van der Waals surface area contributed by atoms with Gasteiger partial charge in [-0.15, -0.1) is 11.8 Å². The molecule has 1 unspecified atom stereocenters. The Bertz CT molecular complexity index is 980. The first-order valence-electron chi connectivity index (χ1n) is 9.99. The summed E-state index contributed by atoms with van der Waals surface area (Å²) in [6, 6.07) is 5.37. The Morgan fingerprint density at radius 3 is 2.60 bits per heavy atom. The van der Waals surface area contributed by atoms with Crippen molar-refractivity contribution in [3.8, 4) is 5.69 Å². The van der Waals surface area contributed by atoms with Crippen molar-refractivity contribution in [1.29, 1.82) is 0 Å². The van der Waals surface area contributed by atoms with E-state index in [4.69, 9.17) is 11.6 Å². The molecule has 3 rings (SSSR count). The molecule has 0 saturated carbocycles. The van der Waals surface area contributed by atoms with Crippen LogP contribution in [0, 0.1) is 20.8 Å². The van der Waals surface area contributed by atoms with Crippen LogP contribution in [-0.4, -0.2) is 49.7 Å². The van der Waals surface area contributed by atoms with Gasteiger partial charge in [-0.3, -0.25) is 9.59 Å². The molecule has 1 atom stereocenters. The predicted octanol–water partition coefficient (Wildman–Crippen LogP) is 3.81. The summed E-state index contributed by atoms with van der Waals surface area (Å²) in [5, 5.41) is 8.31. The molecule has 2 aromatic rings. The van der Waals surface area contributed by atoms with Gasteiger partial charge in [0.1, 0.15) is 6.04 Å². The summed E-state index contributed by atoms with van der Waals surface area (Å²) in [6.07, 6.45) is 0.219. The first kappa shape index (κ1) is 22.7. The lowest BCUT2D eigenvalue weighted by molar-refractivity contribution is -0.138. The lowest BCUT2D eigenvalue weighted by Crippen LogP contribution is -2.52. The maximum absolute atomic E-state index is 13.1. The third-order valence-corrected chi connectivity index (χ3v) is 6.59. The van der Waals surface area contributed by atoms with E-state index in [1.165, 1.54) is 0 Å². The second-order valence-electron chi connectivity index (χ2n) is 8.79. The Morgan fingerprint density at radius 2 is 1.97 bits per heavy atom. The highest BCUT2D eigenvalue weighted by Crippen LogP contribution is 2.26. The van der Waals surface area contributed by atoms with Gasteiger partial charge in [-0.05, 0) is 59.2 Å². The lowest BCUT2D eigenvalue weighted by atomic mass is 10.1. The van der Waals surface area contributed by atoms with Crippen LogP contribution >= 0.6 is 23.4 Å². The summed E-state index contributed by atoms with van der Waals surface area (Å²) in [5.41, 5.74) is 4.14. The molecule has 2 amide bonds. The zero-order chi connectivity index (χ0) is 22.2. The topological polar surface area (TPSA) is 67.2 Å². The third-order valence-electron chi connectivity index (χ3n) is 5.17. The standard InChI is InChI=1S/C22H29ClN4O2S/c1-13-7-8-16(9-18(13)23)27-15(3)17(14(2)25-27)10-20(28)26-12-30-11-19(26)21(29)24-22(4,5)6/h7-9,19H,10-12H2,1-6H3,(H,24,29). The molecule has 30 heavy (non-hydrogen) atoms. The third kappa shape index (κ3) is 4.83. The SMILES string of the molecule is Cc1ccc(-n2nc(C)c(CC(=O)N3CSCC3C(=O)NC(C)(C)C)c2C)cc1Cl. The van der Waals surface area contributed by atoms with Crippen molar-refractivity contribution in [2.45, 2.75) is 59.5 Å². The van der Waals surface area contributed by atoms with Crippen LogP contribution in [0.5, 0.6) is 0 Å². The van der Waals surface area contributed by atoms with Crippen LogP contribution in [0.2, 0.25) is 5.02 Å². The van der Waals surface area contributed by atoms with Gasteiger partial charge in [0.15, 0.2) is 0 Å². The lowest BCUT2D eigenvalue weighted by Gasteiger charge is -2.27. The quantitative estimate of drug-likeness (QED) is 0.772. The molecule has 2 heterocycles. The summed E-state index contributed by atoms with van der Waals surface area (Å²) in [7, 11) is 0. The normalized spacial score (nSPS) is 16.8. The number of nitrogens with zero attached hydrogens (tertiary/aromatic N) is 3. The number of nitrogens with one attached hydrogen (secondary N) is 1. The summed E-state index contributed by atoms with van der Waals surface area (Å²) in [5.74, 6) is 0.995. The van der Waals surface area contributed by atoms with Gasteiger partial charge in [-0.1, -0.05) is 17.7 Å². The summed E-state index contributed by atoms with van der Waals surface area (Å²) < 4.78 is 1.83. The molecule has 0 bridgehead atoms. The molecule has 1 aliphatic rings. The Hall–Kier alpha value is -1.99. The molecule has 0 spiro atoms. The van der Waals surface area contributed by atoms with Gasteiger partial charge < -0.3 is 10.2 Å². The summed E-state index contributed by atoms with van der Waals surface area (Å²) >= 11 is 7.89. The minimum absolute atomic E-state index is 0.0539. The van der Waals surface area contributed by atoms with Crippen LogP contribution in [0.4, 0.5) is 0 Å². The number of aromatic nitrogens is 2. The first-order chi connectivity index (χ1) is 14.0. The Morgan fingerprint density at radius 1 is 1.27 bits per heavy atom. The largest absolute Gasteiger partial charge is 0.350 e. The van der Waals surface area contributed by atoms with Crippen molar-refractivity contribution < 1.29 is 9.59 Å². The summed E-state index contributed by atoms with van der Waals surface area (Å²) in [4.78, 5) is 27.5.